The van der Waals surface area contributed by atoms with E-state index < -0.39 is 0 Å². The maximum absolute atomic E-state index is 5.82. The Labute approximate surface area is 97.6 Å². The van der Waals surface area contributed by atoms with Gasteiger partial charge in [0.2, 0.25) is 0 Å². The lowest BCUT2D eigenvalue weighted by Crippen LogP contribution is -2.40. The van der Waals surface area contributed by atoms with Crippen LogP contribution in [-0.2, 0) is 0 Å². The van der Waals surface area contributed by atoms with Crippen molar-refractivity contribution in [3.05, 3.63) is 28.7 Å². The summed E-state index contributed by atoms with van der Waals surface area (Å²) in [6.07, 6.45) is 3.86. The van der Waals surface area contributed by atoms with Gasteiger partial charge in [0, 0.05) is 20.7 Å². The molecular weight excluding hydrogens is 258 g/mol. The van der Waals surface area contributed by atoms with E-state index in [4.69, 9.17) is 5.73 Å². The van der Waals surface area contributed by atoms with Crippen LogP contribution in [0.15, 0.2) is 33.6 Å². The van der Waals surface area contributed by atoms with Crippen LogP contribution in [0.3, 0.4) is 0 Å². The molecule has 14 heavy (non-hydrogen) atoms. The Bertz CT molecular complexity index is 317. The van der Waals surface area contributed by atoms with Gasteiger partial charge in [-0.05, 0) is 31.0 Å². The molecule has 0 atom stereocenters. The van der Waals surface area contributed by atoms with Crippen LogP contribution in [0.2, 0.25) is 0 Å². The van der Waals surface area contributed by atoms with Crippen molar-refractivity contribution in [1.82, 2.24) is 0 Å². The molecule has 2 rings (SSSR count). The van der Waals surface area contributed by atoms with Gasteiger partial charge >= 0.3 is 0 Å². The zero-order valence-corrected chi connectivity index (χ0v) is 10.4. The highest BCUT2D eigenvalue weighted by molar-refractivity contribution is 9.10. The first-order valence-electron chi connectivity index (χ1n) is 4.89. The molecule has 1 saturated carbocycles. The SMILES string of the molecule is NCC1(Sc2cccc(Br)c2)CCC1. The number of hydrogen-bond acceptors (Lipinski definition) is 2. The molecule has 1 nitrogen and oxygen atoms in total. The van der Waals surface area contributed by atoms with Crippen molar-refractivity contribution in [1.29, 1.82) is 0 Å². The van der Waals surface area contributed by atoms with Gasteiger partial charge in [0.05, 0.1) is 0 Å². The number of benzene rings is 1. The van der Waals surface area contributed by atoms with E-state index in [2.05, 4.69) is 40.2 Å². The van der Waals surface area contributed by atoms with Crippen molar-refractivity contribution >= 4 is 27.7 Å². The van der Waals surface area contributed by atoms with Gasteiger partial charge in [0.25, 0.3) is 0 Å². The van der Waals surface area contributed by atoms with Crippen LogP contribution in [0.4, 0.5) is 0 Å². The molecule has 1 aliphatic carbocycles. The first kappa shape index (κ1) is 10.5. The van der Waals surface area contributed by atoms with Crippen molar-refractivity contribution in [3.63, 3.8) is 0 Å². The maximum atomic E-state index is 5.82. The van der Waals surface area contributed by atoms with Crippen LogP contribution in [0, 0.1) is 0 Å². The van der Waals surface area contributed by atoms with E-state index in [9.17, 15) is 0 Å². The van der Waals surface area contributed by atoms with Gasteiger partial charge in [-0.3, -0.25) is 0 Å². The number of hydrogen-bond donors (Lipinski definition) is 1. The minimum atomic E-state index is 0.334. The Kier molecular flexibility index (Phi) is 3.20. The van der Waals surface area contributed by atoms with Gasteiger partial charge < -0.3 is 5.73 Å². The number of thioether (sulfide) groups is 1. The molecule has 1 aromatic carbocycles. The standard InChI is InChI=1S/C11H14BrNS/c12-9-3-1-4-10(7-9)14-11(8-13)5-2-6-11/h1,3-4,7H,2,5-6,8,13H2. The molecule has 0 radical (unpaired) electrons. The molecule has 0 saturated heterocycles. The summed E-state index contributed by atoms with van der Waals surface area (Å²) in [5.74, 6) is 0. The minimum Gasteiger partial charge on any atom is -0.329 e. The van der Waals surface area contributed by atoms with Crippen molar-refractivity contribution in [2.24, 2.45) is 5.73 Å². The Hall–Kier alpha value is 0.01000. The quantitative estimate of drug-likeness (QED) is 0.912. The fourth-order valence-corrected chi connectivity index (χ4v) is 3.66. The highest BCUT2D eigenvalue weighted by Gasteiger charge is 2.36. The third-order valence-electron chi connectivity index (χ3n) is 2.77. The summed E-state index contributed by atoms with van der Waals surface area (Å²) in [6, 6.07) is 8.46. The molecule has 1 aromatic rings. The number of nitrogens with two attached hydrogens (primary N) is 1. The molecule has 0 bridgehead atoms. The summed E-state index contributed by atoms with van der Waals surface area (Å²) >= 11 is 5.42. The molecule has 2 N–H and O–H groups in total. The Morgan fingerprint density at radius 2 is 2.21 bits per heavy atom. The highest BCUT2D eigenvalue weighted by atomic mass is 79.9. The van der Waals surface area contributed by atoms with Gasteiger partial charge in [-0.1, -0.05) is 28.4 Å². The van der Waals surface area contributed by atoms with Crippen molar-refractivity contribution < 1.29 is 0 Å². The fraction of sp³-hybridized carbons (Fsp3) is 0.455. The van der Waals surface area contributed by atoms with E-state index in [1.54, 1.807) is 0 Å². The van der Waals surface area contributed by atoms with Crippen LogP contribution in [0.25, 0.3) is 0 Å². The van der Waals surface area contributed by atoms with Crippen molar-refractivity contribution in [3.8, 4) is 0 Å². The van der Waals surface area contributed by atoms with Crippen LogP contribution >= 0.6 is 27.7 Å². The summed E-state index contributed by atoms with van der Waals surface area (Å²) in [5.41, 5.74) is 5.82. The van der Waals surface area contributed by atoms with Crippen LogP contribution in [0.1, 0.15) is 19.3 Å². The third kappa shape index (κ3) is 2.15. The van der Waals surface area contributed by atoms with E-state index in [1.807, 2.05) is 11.8 Å². The van der Waals surface area contributed by atoms with Crippen LogP contribution < -0.4 is 5.73 Å². The summed E-state index contributed by atoms with van der Waals surface area (Å²) in [5, 5.41) is 0. The molecule has 1 fully saturated rings. The maximum Gasteiger partial charge on any atom is 0.0329 e. The predicted octanol–water partition coefficient (Wildman–Crippen LogP) is 3.42. The van der Waals surface area contributed by atoms with Gasteiger partial charge in [-0.15, -0.1) is 11.8 Å². The number of halogens is 1. The van der Waals surface area contributed by atoms with Crippen molar-refractivity contribution in [2.75, 3.05) is 6.54 Å². The molecule has 0 unspecified atom stereocenters. The average Bonchev–Trinajstić information content (AvgIpc) is 2.11. The first-order chi connectivity index (χ1) is 6.74. The van der Waals surface area contributed by atoms with Crippen LogP contribution in [0.5, 0.6) is 0 Å². The topological polar surface area (TPSA) is 26.0 Å². The molecule has 3 heteroatoms. The van der Waals surface area contributed by atoms with E-state index in [1.165, 1.54) is 24.2 Å². The second-order valence-corrected chi connectivity index (χ2v) is 6.26. The van der Waals surface area contributed by atoms with E-state index in [0.717, 1.165) is 11.0 Å². The lowest BCUT2D eigenvalue weighted by atomic mass is 9.84. The van der Waals surface area contributed by atoms with Gasteiger partial charge in [0.15, 0.2) is 0 Å². The van der Waals surface area contributed by atoms with E-state index in [-0.39, 0.29) is 0 Å². The van der Waals surface area contributed by atoms with Gasteiger partial charge in [-0.25, -0.2) is 0 Å². The fourth-order valence-electron chi connectivity index (χ4n) is 1.70. The lowest BCUT2D eigenvalue weighted by molar-refractivity contribution is 0.371. The normalized spacial score (nSPS) is 19.0. The zero-order chi connectivity index (χ0) is 10.0. The summed E-state index contributed by atoms with van der Waals surface area (Å²) in [4.78, 5) is 1.32. The van der Waals surface area contributed by atoms with Crippen LogP contribution in [-0.4, -0.2) is 11.3 Å². The van der Waals surface area contributed by atoms with Gasteiger partial charge in [0.1, 0.15) is 0 Å². The molecule has 1 aliphatic rings. The second-order valence-electron chi connectivity index (χ2n) is 3.80. The molecule has 76 valence electrons. The summed E-state index contributed by atoms with van der Waals surface area (Å²) in [7, 11) is 0. The minimum absolute atomic E-state index is 0.334. The second kappa shape index (κ2) is 4.25. The van der Waals surface area contributed by atoms with E-state index >= 15 is 0 Å². The molecule has 0 spiro atoms. The van der Waals surface area contributed by atoms with Gasteiger partial charge in [-0.2, -0.15) is 0 Å². The van der Waals surface area contributed by atoms with Crippen molar-refractivity contribution in [2.45, 2.75) is 28.9 Å². The Morgan fingerprint density at radius 1 is 1.43 bits per heavy atom. The molecule has 0 aliphatic heterocycles. The largest absolute Gasteiger partial charge is 0.329 e. The van der Waals surface area contributed by atoms with E-state index in [0.29, 0.717) is 4.75 Å². The zero-order valence-electron chi connectivity index (χ0n) is 8.00. The third-order valence-corrected chi connectivity index (χ3v) is 4.76. The predicted molar refractivity (Wildman–Crippen MR) is 65.6 cm³/mol. The monoisotopic (exact) mass is 271 g/mol. The average molecular weight is 272 g/mol. The lowest BCUT2D eigenvalue weighted by Gasteiger charge is -2.40. The molecule has 0 amide bonds. The smallest absolute Gasteiger partial charge is 0.0329 e. The highest BCUT2D eigenvalue weighted by Crippen LogP contribution is 2.47. The summed E-state index contributed by atoms with van der Waals surface area (Å²) in [6.45, 7) is 0.796. The number of rotatable bonds is 3. The Balaban J connectivity index is 2.09. The first-order valence-corrected chi connectivity index (χ1v) is 6.50. The summed E-state index contributed by atoms with van der Waals surface area (Å²) < 4.78 is 1.48. The molecule has 0 heterocycles. The molecular formula is C11H14BrNS. The Morgan fingerprint density at radius 3 is 2.71 bits per heavy atom. The molecule has 0 aromatic heterocycles.